The highest BCUT2D eigenvalue weighted by Crippen LogP contribution is 2.47. The molecule has 4 aromatic carbocycles. The number of hydrogen-bond donors (Lipinski definition) is 0. The van der Waals surface area contributed by atoms with Gasteiger partial charge in [-0.15, -0.1) is 11.3 Å². The Morgan fingerprint density at radius 3 is 2.34 bits per heavy atom. The van der Waals surface area contributed by atoms with Gasteiger partial charge in [-0.3, -0.25) is 0 Å². The second-order valence-corrected chi connectivity index (χ2v) is 11.5. The Bertz CT molecular complexity index is 1780. The van der Waals surface area contributed by atoms with Crippen molar-refractivity contribution in [2.45, 2.75) is 46.1 Å². The third kappa shape index (κ3) is 2.85. The predicted molar refractivity (Wildman–Crippen MR) is 149 cm³/mol. The lowest BCUT2D eigenvalue weighted by Crippen LogP contribution is -2.31. The lowest BCUT2D eigenvalue weighted by Gasteiger charge is -2.18. The Morgan fingerprint density at radius 1 is 0.800 bits per heavy atom. The molecule has 0 aliphatic carbocycles. The molecule has 3 heteroatoms. The molecular formula is C32H29N2S+. The van der Waals surface area contributed by atoms with Gasteiger partial charge in [-0.1, -0.05) is 82.3 Å². The molecule has 35 heavy (non-hydrogen) atoms. The summed E-state index contributed by atoms with van der Waals surface area (Å²) in [6.07, 6.45) is 0. The van der Waals surface area contributed by atoms with Crippen LogP contribution < -0.4 is 4.57 Å². The number of aromatic nitrogens is 2. The van der Waals surface area contributed by atoms with Crippen molar-refractivity contribution < 1.29 is 4.57 Å². The summed E-state index contributed by atoms with van der Waals surface area (Å²) in [5.74, 6) is 2.18. The van der Waals surface area contributed by atoms with Gasteiger partial charge in [0.2, 0.25) is 0 Å². The zero-order valence-electron chi connectivity index (χ0n) is 20.7. The fourth-order valence-electron chi connectivity index (χ4n) is 5.99. The zero-order chi connectivity index (χ0) is 23.8. The summed E-state index contributed by atoms with van der Waals surface area (Å²) >= 11 is 1.95. The fourth-order valence-corrected chi connectivity index (χ4v) is 7.28. The van der Waals surface area contributed by atoms with Gasteiger partial charge in [-0.05, 0) is 41.7 Å². The minimum Gasteiger partial charge on any atom is -0.218 e. The first-order chi connectivity index (χ1) is 17.0. The number of fused-ring (bicyclic) bond motifs is 8. The van der Waals surface area contributed by atoms with Crippen molar-refractivity contribution in [3.05, 3.63) is 95.6 Å². The molecule has 0 saturated heterocycles. The highest BCUT2D eigenvalue weighted by molar-refractivity contribution is 7.26. The highest BCUT2D eigenvalue weighted by atomic mass is 32.1. The molecule has 3 heterocycles. The van der Waals surface area contributed by atoms with Crippen LogP contribution in [0.3, 0.4) is 0 Å². The van der Waals surface area contributed by atoms with Crippen LogP contribution in [0.15, 0.2) is 78.9 Å². The van der Waals surface area contributed by atoms with Gasteiger partial charge in [0.05, 0.1) is 10.3 Å². The van der Waals surface area contributed by atoms with Crippen molar-refractivity contribution in [2.24, 2.45) is 0 Å². The number of nitrogens with zero attached hydrogens (tertiary/aromatic N) is 2. The minimum atomic E-state index is 0.413. The van der Waals surface area contributed by atoms with Crippen LogP contribution in [0.4, 0.5) is 0 Å². The smallest absolute Gasteiger partial charge is 0.218 e. The van der Waals surface area contributed by atoms with E-state index in [1.807, 2.05) is 11.3 Å². The van der Waals surface area contributed by atoms with E-state index in [9.17, 15) is 0 Å². The van der Waals surface area contributed by atoms with E-state index < -0.39 is 0 Å². The SMILES string of the molecule is CC(C)c1cc(C(C)C)c2c(sc3ccccc32)c1-n1c2[n+](c3ccccc31)Cc1ccccc1-2. The molecule has 7 rings (SSSR count). The molecule has 0 atom stereocenters. The quantitative estimate of drug-likeness (QED) is 0.227. The van der Waals surface area contributed by atoms with Crippen LogP contribution in [0.2, 0.25) is 0 Å². The topological polar surface area (TPSA) is 8.81 Å². The molecule has 2 nitrogen and oxygen atoms in total. The normalized spacial score (nSPS) is 13.0. The number of benzene rings is 4. The van der Waals surface area contributed by atoms with E-state index in [0.29, 0.717) is 11.8 Å². The summed E-state index contributed by atoms with van der Waals surface area (Å²) in [5.41, 5.74) is 9.60. The molecule has 0 bridgehead atoms. The lowest BCUT2D eigenvalue weighted by atomic mass is 9.90. The Labute approximate surface area is 210 Å². The third-order valence-corrected chi connectivity index (χ3v) is 8.80. The number of rotatable bonds is 3. The third-order valence-electron chi connectivity index (χ3n) is 7.62. The van der Waals surface area contributed by atoms with Crippen molar-refractivity contribution >= 4 is 42.5 Å². The van der Waals surface area contributed by atoms with Crippen molar-refractivity contribution in [1.82, 2.24) is 4.57 Å². The molecule has 6 aromatic rings. The van der Waals surface area contributed by atoms with E-state index in [4.69, 9.17) is 0 Å². The average molecular weight is 474 g/mol. The standard InChI is InChI=1S/C32H29N2S/c1-19(2)24-17-25(20(3)4)30(31-29(24)23-13-7-10-16-28(23)35-31)34-27-15-9-8-14-26(27)33-18-21-11-5-6-12-22(21)32(33)34/h5-17,19-20H,18H2,1-4H3/q+1. The van der Waals surface area contributed by atoms with Crippen molar-refractivity contribution in [2.75, 3.05) is 0 Å². The Morgan fingerprint density at radius 2 is 1.51 bits per heavy atom. The first-order valence-corrected chi connectivity index (χ1v) is 13.5. The molecule has 0 spiro atoms. The van der Waals surface area contributed by atoms with Crippen LogP contribution in [0.25, 0.3) is 48.3 Å². The van der Waals surface area contributed by atoms with Gasteiger partial charge >= 0.3 is 0 Å². The molecule has 0 N–H and O–H groups in total. The molecule has 0 unspecified atom stereocenters. The maximum atomic E-state index is 2.58. The van der Waals surface area contributed by atoms with E-state index in [1.54, 1.807) is 0 Å². The molecule has 0 fully saturated rings. The van der Waals surface area contributed by atoms with Crippen molar-refractivity contribution in [3.8, 4) is 17.1 Å². The van der Waals surface area contributed by atoms with E-state index in [2.05, 4.69) is 116 Å². The second kappa shape index (κ2) is 7.53. The van der Waals surface area contributed by atoms with Crippen LogP contribution in [-0.4, -0.2) is 4.57 Å². The first kappa shape index (κ1) is 20.9. The Balaban J connectivity index is 1.72. The largest absolute Gasteiger partial charge is 0.295 e. The minimum absolute atomic E-state index is 0.413. The van der Waals surface area contributed by atoms with E-state index >= 15 is 0 Å². The molecule has 0 radical (unpaired) electrons. The lowest BCUT2D eigenvalue weighted by molar-refractivity contribution is -0.645. The molecule has 1 aliphatic heterocycles. The van der Waals surface area contributed by atoms with Gasteiger partial charge in [-0.2, -0.15) is 4.57 Å². The monoisotopic (exact) mass is 473 g/mol. The molecular weight excluding hydrogens is 444 g/mol. The Kier molecular flexibility index (Phi) is 4.50. The van der Waals surface area contributed by atoms with Crippen LogP contribution in [0.5, 0.6) is 0 Å². The van der Waals surface area contributed by atoms with E-state index in [1.165, 1.54) is 65.0 Å². The Hall–Kier alpha value is -3.43. The number of thiophene rings is 1. The second-order valence-electron chi connectivity index (χ2n) is 10.4. The van der Waals surface area contributed by atoms with Gasteiger partial charge in [0, 0.05) is 26.6 Å². The predicted octanol–water partition coefficient (Wildman–Crippen LogP) is 8.56. The van der Waals surface area contributed by atoms with Gasteiger partial charge in [-0.25, -0.2) is 4.57 Å². The zero-order valence-corrected chi connectivity index (χ0v) is 21.5. The number of hydrogen-bond acceptors (Lipinski definition) is 1. The highest BCUT2D eigenvalue weighted by Gasteiger charge is 2.37. The summed E-state index contributed by atoms with van der Waals surface area (Å²) in [4.78, 5) is 0. The van der Waals surface area contributed by atoms with Crippen LogP contribution in [0, 0.1) is 0 Å². The summed E-state index contributed by atoms with van der Waals surface area (Å²) in [5, 5.41) is 2.82. The van der Waals surface area contributed by atoms with Crippen LogP contribution in [0.1, 0.15) is 56.2 Å². The summed E-state index contributed by atoms with van der Waals surface area (Å²) < 4.78 is 7.88. The van der Waals surface area contributed by atoms with Crippen LogP contribution >= 0.6 is 11.3 Å². The van der Waals surface area contributed by atoms with E-state index in [-0.39, 0.29) is 0 Å². The average Bonchev–Trinajstić information content (AvgIpc) is 3.52. The molecule has 0 saturated carbocycles. The molecule has 1 aliphatic rings. The molecule has 172 valence electrons. The fraction of sp³-hybridized carbons (Fsp3) is 0.219. The van der Waals surface area contributed by atoms with Crippen LogP contribution in [-0.2, 0) is 6.54 Å². The first-order valence-electron chi connectivity index (χ1n) is 12.6. The van der Waals surface area contributed by atoms with Gasteiger partial charge < -0.3 is 0 Å². The maximum absolute atomic E-state index is 2.58. The molecule has 0 amide bonds. The number of imidazole rings is 1. The number of para-hydroxylation sites is 2. The van der Waals surface area contributed by atoms with E-state index in [0.717, 1.165) is 6.54 Å². The summed E-state index contributed by atoms with van der Waals surface area (Å²) in [6.45, 7) is 10.3. The maximum Gasteiger partial charge on any atom is 0.295 e. The van der Waals surface area contributed by atoms with Gasteiger partial charge in [0.25, 0.3) is 5.82 Å². The summed E-state index contributed by atoms with van der Waals surface area (Å²) in [6, 6.07) is 29.3. The van der Waals surface area contributed by atoms with Gasteiger partial charge in [0.15, 0.2) is 16.7 Å². The van der Waals surface area contributed by atoms with Crippen molar-refractivity contribution in [3.63, 3.8) is 0 Å². The van der Waals surface area contributed by atoms with Gasteiger partial charge in [0.1, 0.15) is 6.54 Å². The molecule has 2 aromatic heterocycles. The van der Waals surface area contributed by atoms with Crippen molar-refractivity contribution in [1.29, 1.82) is 0 Å². The summed E-state index contributed by atoms with van der Waals surface area (Å²) in [7, 11) is 0.